The van der Waals surface area contributed by atoms with Crippen molar-refractivity contribution in [3.63, 3.8) is 0 Å². The molecule has 2 heterocycles. The summed E-state index contributed by atoms with van der Waals surface area (Å²) < 4.78 is 0. The van der Waals surface area contributed by atoms with Crippen LogP contribution in [0.4, 0.5) is 5.82 Å². The molecule has 0 radical (unpaired) electrons. The quantitative estimate of drug-likeness (QED) is 0.900. The van der Waals surface area contributed by atoms with Gasteiger partial charge in [0.1, 0.15) is 11.6 Å². The van der Waals surface area contributed by atoms with Crippen LogP contribution in [0.2, 0.25) is 0 Å². The Hall–Kier alpha value is -1.46. The third kappa shape index (κ3) is 2.81. The summed E-state index contributed by atoms with van der Waals surface area (Å²) in [5.74, 6) is 1.52. The van der Waals surface area contributed by atoms with Gasteiger partial charge in [-0.25, -0.2) is 9.97 Å². The van der Waals surface area contributed by atoms with E-state index in [0.717, 1.165) is 23.8 Å². The fourth-order valence-corrected chi connectivity index (χ4v) is 2.39. The summed E-state index contributed by atoms with van der Waals surface area (Å²) in [7, 11) is 1.97. The van der Waals surface area contributed by atoms with Crippen LogP contribution in [0.5, 0.6) is 0 Å². The Bertz CT molecular complexity index is 485. The third-order valence-electron chi connectivity index (χ3n) is 2.47. The van der Waals surface area contributed by atoms with Gasteiger partial charge in [0, 0.05) is 23.7 Å². The van der Waals surface area contributed by atoms with E-state index in [1.54, 1.807) is 17.5 Å². The highest BCUT2D eigenvalue weighted by molar-refractivity contribution is 7.09. The van der Waals surface area contributed by atoms with Crippen molar-refractivity contribution in [2.45, 2.75) is 20.1 Å². The predicted octanol–water partition coefficient (Wildman–Crippen LogP) is 1.98. The lowest BCUT2D eigenvalue weighted by atomic mass is 10.3. The summed E-state index contributed by atoms with van der Waals surface area (Å²) in [6.45, 7) is 2.61. The smallest absolute Gasteiger partial charge is 0.137 e. The zero-order valence-corrected chi connectivity index (χ0v) is 10.7. The lowest BCUT2D eigenvalue weighted by molar-refractivity contribution is 0.281. The van der Waals surface area contributed by atoms with Crippen LogP contribution < -0.4 is 4.90 Å². The average molecular weight is 249 g/mol. The second-order valence-corrected chi connectivity index (χ2v) is 4.89. The van der Waals surface area contributed by atoms with Crippen molar-refractivity contribution >= 4 is 17.2 Å². The van der Waals surface area contributed by atoms with E-state index in [2.05, 4.69) is 21.4 Å². The van der Waals surface area contributed by atoms with Crippen molar-refractivity contribution in [2.24, 2.45) is 0 Å². The van der Waals surface area contributed by atoms with E-state index < -0.39 is 0 Å². The Morgan fingerprint density at radius 3 is 2.94 bits per heavy atom. The number of thiophene rings is 1. The Kier molecular flexibility index (Phi) is 3.71. The van der Waals surface area contributed by atoms with Crippen molar-refractivity contribution in [3.05, 3.63) is 40.0 Å². The molecule has 0 unspecified atom stereocenters. The first-order valence-corrected chi connectivity index (χ1v) is 6.25. The number of aliphatic hydroxyl groups excluding tert-OH is 1. The van der Waals surface area contributed by atoms with Gasteiger partial charge in [0.15, 0.2) is 0 Å². The predicted molar refractivity (Wildman–Crippen MR) is 69.1 cm³/mol. The van der Waals surface area contributed by atoms with Crippen LogP contribution in [0.1, 0.15) is 16.3 Å². The molecule has 0 fully saturated rings. The molecule has 0 aliphatic rings. The van der Waals surface area contributed by atoms with Crippen LogP contribution in [0, 0.1) is 6.92 Å². The molecule has 0 amide bonds. The molecular weight excluding hydrogens is 234 g/mol. The monoisotopic (exact) mass is 249 g/mol. The van der Waals surface area contributed by atoms with Crippen molar-refractivity contribution < 1.29 is 5.11 Å². The molecule has 0 saturated heterocycles. The molecule has 0 bridgehead atoms. The summed E-state index contributed by atoms with van der Waals surface area (Å²) in [6.07, 6.45) is 1.68. The molecule has 90 valence electrons. The van der Waals surface area contributed by atoms with Gasteiger partial charge >= 0.3 is 0 Å². The lowest BCUT2D eigenvalue weighted by Crippen LogP contribution is -2.19. The highest BCUT2D eigenvalue weighted by Gasteiger charge is 2.10. The zero-order valence-electron chi connectivity index (χ0n) is 9.92. The summed E-state index contributed by atoms with van der Waals surface area (Å²) in [4.78, 5) is 11.8. The number of aliphatic hydroxyl groups is 1. The van der Waals surface area contributed by atoms with Crippen LogP contribution in [-0.2, 0) is 13.2 Å². The van der Waals surface area contributed by atoms with Gasteiger partial charge in [-0.15, -0.1) is 11.3 Å². The van der Waals surface area contributed by atoms with Crippen LogP contribution >= 0.6 is 11.3 Å². The van der Waals surface area contributed by atoms with Crippen LogP contribution in [-0.4, -0.2) is 22.1 Å². The first-order valence-electron chi connectivity index (χ1n) is 5.37. The largest absolute Gasteiger partial charge is 0.391 e. The Morgan fingerprint density at radius 1 is 1.47 bits per heavy atom. The minimum Gasteiger partial charge on any atom is -0.391 e. The van der Waals surface area contributed by atoms with Gasteiger partial charge < -0.3 is 10.0 Å². The normalized spacial score (nSPS) is 10.5. The number of aromatic nitrogens is 2. The summed E-state index contributed by atoms with van der Waals surface area (Å²) in [6, 6.07) is 4.12. The molecular formula is C12H15N3OS. The SMILES string of the molecule is Cc1ncc(CO)c(N(C)Cc2cccs2)n1. The molecule has 0 saturated carbocycles. The summed E-state index contributed by atoms with van der Waals surface area (Å²) in [5, 5.41) is 11.3. The van der Waals surface area contributed by atoms with E-state index in [-0.39, 0.29) is 6.61 Å². The summed E-state index contributed by atoms with van der Waals surface area (Å²) in [5.41, 5.74) is 0.759. The molecule has 0 aliphatic heterocycles. The molecule has 17 heavy (non-hydrogen) atoms. The van der Waals surface area contributed by atoms with Crippen LogP contribution in [0.15, 0.2) is 23.7 Å². The average Bonchev–Trinajstić information content (AvgIpc) is 2.81. The van der Waals surface area contributed by atoms with Gasteiger partial charge in [-0.1, -0.05) is 6.07 Å². The van der Waals surface area contributed by atoms with Crippen molar-refractivity contribution in [2.75, 3.05) is 11.9 Å². The number of hydrogen-bond acceptors (Lipinski definition) is 5. The molecule has 0 aliphatic carbocycles. The molecule has 5 heteroatoms. The second kappa shape index (κ2) is 5.25. The maximum Gasteiger partial charge on any atom is 0.137 e. The third-order valence-corrected chi connectivity index (χ3v) is 3.33. The molecule has 0 aromatic carbocycles. The number of aryl methyl sites for hydroxylation is 1. The highest BCUT2D eigenvalue weighted by atomic mass is 32.1. The van der Waals surface area contributed by atoms with Crippen molar-refractivity contribution in [3.8, 4) is 0 Å². The zero-order chi connectivity index (χ0) is 12.3. The Labute approximate surface area is 105 Å². The first kappa shape index (κ1) is 12.0. The minimum atomic E-state index is -0.0373. The first-order chi connectivity index (χ1) is 8.20. The van der Waals surface area contributed by atoms with Gasteiger partial charge in [0.25, 0.3) is 0 Å². The Balaban J connectivity index is 2.23. The molecule has 0 spiro atoms. The van der Waals surface area contributed by atoms with Crippen molar-refractivity contribution in [1.29, 1.82) is 0 Å². The number of hydrogen-bond donors (Lipinski definition) is 1. The molecule has 2 aromatic rings. The van der Waals surface area contributed by atoms with E-state index in [1.165, 1.54) is 4.88 Å². The van der Waals surface area contributed by atoms with Gasteiger partial charge in [-0.3, -0.25) is 0 Å². The van der Waals surface area contributed by atoms with Gasteiger partial charge in [-0.05, 0) is 18.4 Å². The standard InChI is InChI=1S/C12H15N3OS/c1-9-13-6-10(8-16)12(14-9)15(2)7-11-4-3-5-17-11/h3-6,16H,7-8H2,1-2H3. The topological polar surface area (TPSA) is 49.3 Å². The van der Waals surface area contributed by atoms with E-state index in [0.29, 0.717) is 0 Å². The number of rotatable bonds is 4. The fraction of sp³-hybridized carbons (Fsp3) is 0.333. The maximum atomic E-state index is 9.28. The minimum absolute atomic E-state index is 0.0373. The lowest BCUT2D eigenvalue weighted by Gasteiger charge is -2.20. The Morgan fingerprint density at radius 2 is 2.29 bits per heavy atom. The second-order valence-electron chi connectivity index (χ2n) is 3.86. The molecule has 0 atom stereocenters. The summed E-state index contributed by atoms with van der Waals surface area (Å²) >= 11 is 1.72. The molecule has 2 rings (SSSR count). The van der Waals surface area contributed by atoms with E-state index in [1.807, 2.05) is 24.9 Å². The van der Waals surface area contributed by atoms with Crippen LogP contribution in [0.3, 0.4) is 0 Å². The number of anilines is 1. The molecule has 1 N–H and O–H groups in total. The highest BCUT2D eigenvalue weighted by Crippen LogP contribution is 2.19. The van der Waals surface area contributed by atoms with Gasteiger partial charge in [0.05, 0.1) is 13.2 Å². The maximum absolute atomic E-state index is 9.28. The molecule has 4 nitrogen and oxygen atoms in total. The number of nitrogens with zero attached hydrogens (tertiary/aromatic N) is 3. The van der Waals surface area contributed by atoms with Crippen LogP contribution in [0.25, 0.3) is 0 Å². The fourth-order valence-electron chi connectivity index (χ4n) is 1.64. The van der Waals surface area contributed by atoms with Gasteiger partial charge in [0.2, 0.25) is 0 Å². The van der Waals surface area contributed by atoms with E-state index in [9.17, 15) is 5.11 Å². The van der Waals surface area contributed by atoms with Gasteiger partial charge in [-0.2, -0.15) is 0 Å². The van der Waals surface area contributed by atoms with Crippen molar-refractivity contribution in [1.82, 2.24) is 9.97 Å². The molecule has 2 aromatic heterocycles. The van der Waals surface area contributed by atoms with E-state index >= 15 is 0 Å². The van der Waals surface area contributed by atoms with E-state index in [4.69, 9.17) is 0 Å².